The lowest BCUT2D eigenvalue weighted by Crippen LogP contribution is -2.25. The van der Waals surface area contributed by atoms with Gasteiger partial charge in [0, 0.05) is 26.1 Å². The molecule has 1 aliphatic rings. The van der Waals surface area contributed by atoms with Crippen LogP contribution in [0.25, 0.3) is 11.2 Å². The van der Waals surface area contributed by atoms with Gasteiger partial charge in [-0.3, -0.25) is 4.57 Å². The molecule has 2 N–H and O–H groups in total. The lowest BCUT2D eigenvalue weighted by atomic mass is 10.1. The first-order valence-corrected chi connectivity index (χ1v) is 8.49. The molecule has 2 aromatic rings. The molecule has 0 aliphatic heterocycles. The standard InChI is InChI=1S/C16H25N5O2/c1-3-9-21-15-12(13(17-8-10-22)18-16(21)23)20(2)14(19-15)11-6-4-5-7-11/h11,22H,3-10H2,1-2H3,(H,17,18,23). The molecule has 0 atom stereocenters. The molecule has 3 rings (SSSR count). The highest BCUT2D eigenvalue weighted by molar-refractivity contribution is 5.84. The molecule has 0 unspecified atom stereocenters. The molecule has 0 spiro atoms. The molecular weight excluding hydrogens is 294 g/mol. The lowest BCUT2D eigenvalue weighted by Gasteiger charge is -2.11. The summed E-state index contributed by atoms with van der Waals surface area (Å²) in [5.41, 5.74) is 1.28. The minimum Gasteiger partial charge on any atom is -0.395 e. The monoisotopic (exact) mass is 319 g/mol. The maximum absolute atomic E-state index is 12.3. The van der Waals surface area contributed by atoms with E-state index < -0.39 is 0 Å². The zero-order valence-electron chi connectivity index (χ0n) is 13.9. The molecule has 0 bridgehead atoms. The molecule has 0 saturated heterocycles. The van der Waals surface area contributed by atoms with Gasteiger partial charge in [0.05, 0.1) is 6.61 Å². The Balaban J connectivity index is 2.19. The van der Waals surface area contributed by atoms with E-state index in [1.165, 1.54) is 12.8 Å². The zero-order chi connectivity index (χ0) is 16.4. The second-order valence-corrected chi connectivity index (χ2v) is 6.23. The van der Waals surface area contributed by atoms with Crippen molar-refractivity contribution in [3.8, 4) is 0 Å². The van der Waals surface area contributed by atoms with Gasteiger partial charge in [-0.15, -0.1) is 0 Å². The van der Waals surface area contributed by atoms with E-state index in [1.807, 2.05) is 14.0 Å². The average Bonchev–Trinajstić information content (AvgIpc) is 3.16. The Morgan fingerprint density at radius 3 is 2.70 bits per heavy atom. The molecule has 2 heterocycles. The molecule has 126 valence electrons. The van der Waals surface area contributed by atoms with Crippen molar-refractivity contribution in [3.05, 3.63) is 16.3 Å². The number of hydrogen-bond donors (Lipinski definition) is 2. The Bertz CT molecular complexity index is 743. The third kappa shape index (κ3) is 2.85. The third-order valence-corrected chi connectivity index (χ3v) is 4.60. The Hall–Kier alpha value is -1.89. The average molecular weight is 319 g/mol. The van der Waals surface area contributed by atoms with Crippen molar-refractivity contribution in [3.63, 3.8) is 0 Å². The van der Waals surface area contributed by atoms with Crippen LogP contribution in [0, 0.1) is 0 Å². The summed E-state index contributed by atoms with van der Waals surface area (Å²) in [7, 11) is 2.00. The van der Waals surface area contributed by atoms with Gasteiger partial charge in [-0.1, -0.05) is 19.8 Å². The van der Waals surface area contributed by atoms with E-state index in [4.69, 9.17) is 10.1 Å². The zero-order valence-corrected chi connectivity index (χ0v) is 13.9. The van der Waals surface area contributed by atoms with E-state index in [0.29, 0.717) is 30.5 Å². The number of anilines is 1. The minimum atomic E-state index is -0.282. The number of aryl methyl sites for hydroxylation is 2. The SMILES string of the molecule is CCCn1c(=O)nc(NCCO)c2c1nc(C1CCCC1)n2C. The molecule has 23 heavy (non-hydrogen) atoms. The van der Waals surface area contributed by atoms with E-state index >= 15 is 0 Å². The summed E-state index contributed by atoms with van der Waals surface area (Å²) in [5, 5.41) is 12.1. The summed E-state index contributed by atoms with van der Waals surface area (Å²) < 4.78 is 3.74. The van der Waals surface area contributed by atoms with Crippen LogP contribution in [0.5, 0.6) is 0 Å². The number of aliphatic hydroxyl groups is 1. The van der Waals surface area contributed by atoms with Gasteiger partial charge in [0.15, 0.2) is 11.5 Å². The summed E-state index contributed by atoms with van der Waals surface area (Å²) >= 11 is 0. The number of nitrogens with zero attached hydrogens (tertiary/aromatic N) is 4. The van der Waals surface area contributed by atoms with Crippen LogP contribution in [0.1, 0.15) is 50.8 Å². The van der Waals surface area contributed by atoms with Gasteiger partial charge >= 0.3 is 5.69 Å². The molecule has 1 fully saturated rings. The predicted molar refractivity (Wildman–Crippen MR) is 89.8 cm³/mol. The van der Waals surface area contributed by atoms with Crippen molar-refractivity contribution in [2.24, 2.45) is 7.05 Å². The Kier molecular flexibility index (Phi) is 4.66. The van der Waals surface area contributed by atoms with E-state index in [9.17, 15) is 4.79 Å². The predicted octanol–water partition coefficient (Wildman–Crippen LogP) is 1.60. The van der Waals surface area contributed by atoms with E-state index in [0.717, 1.165) is 30.6 Å². The molecule has 0 amide bonds. The molecule has 7 heteroatoms. The summed E-state index contributed by atoms with van der Waals surface area (Å²) in [4.78, 5) is 21.4. The number of aliphatic hydroxyl groups excluding tert-OH is 1. The summed E-state index contributed by atoms with van der Waals surface area (Å²) in [6.45, 7) is 3.01. The van der Waals surface area contributed by atoms with Crippen molar-refractivity contribution in [1.29, 1.82) is 0 Å². The van der Waals surface area contributed by atoms with Crippen LogP contribution in [0.2, 0.25) is 0 Å². The quantitative estimate of drug-likeness (QED) is 0.845. The Morgan fingerprint density at radius 2 is 2.04 bits per heavy atom. The van der Waals surface area contributed by atoms with Crippen LogP contribution in [0.15, 0.2) is 4.79 Å². The lowest BCUT2D eigenvalue weighted by molar-refractivity contribution is 0.311. The van der Waals surface area contributed by atoms with Crippen LogP contribution in [0.3, 0.4) is 0 Å². The highest BCUT2D eigenvalue weighted by Gasteiger charge is 2.25. The number of hydrogen-bond acceptors (Lipinski definition) is 5. The van der Waals surface area contributed by atoms with Crippen molar-refractivity contribution < 1.29 is 5.11 Å². The summed E-state index contributed by atoms with van der Waals surface area (Å²) in [6, 6.07) is 0. The number of rotatable bonds is 6. The first-order valence-electron chi connectivity index (χ1n) is 8.49. The fourth-order valence-corrected chi connectivity index (χ4v) is 3.53. The first kappa shape index (κ1) is 16.0. The number of aromatic nitrogens is 4. The number of nitrogens with one attached hydrogen (secondary N) is 1. The van der Waals surface area contributed by atoms with Crippen LogP contribution < -0.4 is 11.0 Å². The van der Waals surface area contributed by atoms with Crippen LogP contribution in [-0.4, -0.2) is 37.4 Å². The molecule has 0 aromatic carbocycles. The normalized spacial score (nSPS) is 15.6. The minimum absolute atomic E-state index is 0.00541. The highest BCUT2D eigenvalue weighted by Crippen LogP contribution is 2.35. The summed E-state index contributed by atoms with van der Waals surface area (Å²) in [6.07, 6.45) is 5.65. The second-order valence-electron chi connectivity index (χ2n) is 6.23. The van der Waals surface area contributed by atoms with Crippen LogP contribution in [-0.2, 0) is 13.6 Å². The van der Waals surface area contributed by atoms with Gasteiger partial charge in [0.1, 0.15) is 11.3 Å². The second kappa shape index (κ2) is 6.70. The molecule has 0 radical (unpaired) electrons. The van der Waals surface area contributed by atoms with E-state index in [-0.39, 0.29) is 12.3 Å². The van der Waals surface area contributed by atoms with Gasteiger partial charge < -0.3 is 15.0 Å². The molecule has 1 aliphatic carbocycles. The topological polar surface area (TPSA) is 85.0 Å². The van der Waals surface area contributed by atoms with Gasteiger partial charge in [-0.25, -0.2) is 9.78 Å². The van der Waals surface area contributed by atoms with Gasteiger partial charge in [-0.2, -0.15) is 4.98 Å². The highest BCUT2D eigenvalue weighted by atomic mass is 16.3. The van der Waals surface area contributed by atoms with Crippen molar-refractivity contribution in [2.45, 2.75) is 51.5 Å². The number of imidazole rings is 1. The smallest absolute Gasteiger partial charge is 0.351 e. The van der Waals surface area contributed by atoms with Crippen molar-refractivity contribution in [2.75, 3.05) is 18.5 Å². The molecule has 2 aromatic heterocycles. The molecule has 1 saturated carbocycles. The van der Waals surface area contributed by atoms with Crippen molar-refractivity contribution >= 4 is 17.0 Å². The fraction of sp³-hybridized carbons (Fsp3) is 0.688. The van der Waals surface area contributed by atoms with E-state index in [1.54, 1.807) is 4.57 Å². The summed E-state index contributed by atoms with van der Waals surface area (Å²) in [5.74, 6) is 2.02. The van der Waals surface area contributed by atoms with E-state index in [2.05, 4.69) is 14.9 Å². The Labute approximate surface area is 135 Å². The molecule has 7 nitrogen and oxygen atoms in total. The van der Waals surface area contributed by atoms with Crippen molar-refractivity contribution in [1.82, 2.24) is 19.1 Å². The Morgan fingerprint density at radius 1 is 1.30 bits per heavy atom. The third-order valence-electron chi connectivity index (χ3n) is 4.60. The maximum atomic E-state index is 12.3. The van der Waals surface area contributed by atoms with Crippen LogP contribution >= 0.6 is 0 Å². The van der Waals surface area contributed by atoms with Crippen LogP contribution in [0.4, 0.5) is 5.82 Å². The van der Waals surface area contributed by atoms with Gasteiger partial charge in [-0.05, 0) is 19.3 Å². The fourth-order valence-electron chi connectivity index (χ4n) is 3.53. The van der Waals surface area contributed by atoms with Gasteiger partial charge in [0.2, 0.25) is 0 Å². The largest absolute Gasteiger partial charge is 0.395 e. The molecular formula is C16H25N5O2. The number of fused-ring (bicyclic) bond motifs is 1. The van der Waals surface area contributed by atoms with Gasteiger partial charge in [0.25, 0.3) is 0 Å². The first-order chi connectivity index (χ1) is 11.2. The maximum Gasteiger partial charge on any atom is 0.351 e.